The van der Waals surface area contributed by atoms with Crippen LogP contribution >= 0.6 is 23.2 Å². The molecule has 0 aliphatic rings. The smallest absolute Gasteiger partial charge is 0.346 e. The summed E-state index contributed by atoms with van der Waals surface area (Å²) in [5, 5.41) is 1.95. The average Bonchev–Trinajstić information content (AvgIpc) is 2.44. The van der Waals surface area contributed by atoms with Gasteiger partial charge in [0.25, 0.3) is 5.91 Å². The molecule has 23 heavy (non-hydrogen) atoms. The number of aromatic nitrogens is 1. The standard InChI is InChI=1S/C14H8Cl2F4N2O/c15-8-2-1-3-10(17)12(8)13(23)22-6-11-9(16)4-7(5-21-11)14(18,19)20/h1-5H,6H2,(H,22,23). The molecule has 0 aliphatic carbocycles. The maximum absolute atomic E-state index is 13.6. The second-order valence-corrected chi connectivity index (χ2v) is 5.24. The molecule has 1 amide bonds. The van der Waals surface area contributed by atoms with Crippen molar-refractivity contribution < 1.29 is 22.4 Å². The summed E-state index contributed by atoms with van der Waals surface area (Å²) in [7, 11) is 0. The van der Waals surface area contributed by atoms with Gasteiger partial charge in [-0.25, -0.2) is 4.39 Å². The molecule has 9 heteroatoms. The van der Waals surface area contributed by atoms with Gasteiger partial charge in [0, 0.05) is 6.20 Å². The van der Waals surface area contributed by atoms with E-state index in [2.05, 4.69) is 10.3 Å². The zero-order chi connectivity index (χ0) is 17.2. The van der Waals surface area contributed by atoms with Gasteiger partial charge in [-0.3, -0.25) is 9.78 Å². The molecule has 0 fully saturated rings. The molecule has 0 bridgehead atoms. The molecule has 122 valence electrons. The molecule has 1 aromatic carbocycles. The number of pyridine rings is 1. The maximum Gasteiger partial charge on any atom is 0.417 e. The van der Waals surface area contributed by atoms with Crippen LogP contribution in [0.25, 0.3) is 0 Å². The van der Waals surface area contributed by atoms with Crippen molar-refractivity contribution in [3.05, 3.63) is 63.1 Å². The number of halogens is 6. The van der Waals surface area contributed by atoms with Crippen LogP contribution in [0.1, 0.15) is 21.6 Å². The van der Waals surface area contributed by atoms with Crippen molar-refractivity contribution in [3.8, 4) is 0 Å². The Bertz CT molecular complexity index is 730. The molecule has 0 unspecified atom stereocenters. The van der Waals surface area contributed by atoms with Gasteiger partial charge in [-0.05, 0) is 18.2 Å². The fraction of sp³-hybridized carbons (Fsp3) is 0.143. The second kappa shape index (κ2) is 6.72. The number of hydrogen-bond acceptors (Lipinski definition) is 2. The third-order valence-electron chi connectivity index (χ3n) is 2.85. The van der Waals surface area contributed by atoms with E-state index in [0.29, 0.717) is 12.3 Å². The molecule has 0 atom stereocenters. The lowest BCUT2D eigenvalue weighted by molar-refractivity contribution is -0.137. The molecule has 1 N–H and O–H groups in total. The summed E-state index contributed by atoms with van der Waals surface area (Å²) in [6.45, 7) is -0.277. The average molecular weight is 367 g/mol. The Labute approximate surface area is 138 Å². The number of carbonyl (C=O) groups excluding carboxylic acids is 1. The lowest BCUT2D eigenvalue weighted by Gasteiger charge is -2.10. The van der Waals surface area contributed by atoms with E-state index in [-0.39, 0.29) is 27.8 Å². The number of amides is 1. The Morgan fingerprint density at radius 3 is 2.48 bits per heavy atom. The molecule has 2 rings (SSSR count). The Kier molecular flexibility index (Phi) is 5.11. The van der Waals surface area contributed by atoms with Gasteiger partial charge in [0.05, 0.1) is 33.4 Å². The van der Waals surface area contributed by atoms with Crippen LogP contribution in [0.2, 0.25) is 10.0 Å². The van der Waals surface area contributed by atoms with Gasteiger partial charge in [0.2, 0.25) is 0 Å². The molecular weight excluding hydrogens is 359 g/mol. The molecule has 1 heterocycles. The van der Waals surface area contributed by atoms with Gasteiger partial charge >= 0.3 is 6.18 Å². The van der Waals surface area contributed by atoms with Crippen molar-refractivity contribution in [1.29, 1.82) is 0 Å². The van der Waals surface area contributed by atoms with Crippen LogP contribution in [0.4, 0.5) is 17.6 Å². The molecule has 1 aromatic heterocycles. The van der Waals surface area contributed by atoms with E-state index in [9.17, 15) is 22.4 Å². The monoisotopic (exact) mass is 366 g/mol. The van der Waals surface area contributed by atoms with Gasteiger partial charge in [0.1, 0.15) is 5.82 Å². The molecule has 0 radical (unpaired) electrons. The van der Waals surface area contributed by atoms with Crippen molar-refractivity contribution in [1.82, 2.24) is 10.3 Å². The Balaban J connectivity index is 2.14. The van der Waals surface area contributed by atoms with Gasteiger partial charge in [0.15, 0.2) is 0 Å². The third kappa shape index (κ3) is 4.11. The number of benzene rings is 1. The summed E-state index contributed by atoms with van der Waals surface area (Å²) >= 11 is 11.5. The molecule has 3 nitrogen and oxygen atoms in total. The molecule has 2 aromatic rings. The van der Waals surface area contributed by atoms with Crippen LogP contribution in [0.5, 0.6) is 0 Å². The van der Waals surface area contributed by atoms with Gasteiger partial charge in [-0.1, -0.05) is 29.3 Å². The SMILES string of the molecule is O=C(NCc1ncc(C(F)(F)F)cc1Cl)c1c(F)cccc1Cl. The highest BCUT2D eigenvalue weighted by molar-refractivity contribution is 6.34. The first-order valence-electron chi connectivity index (χ1n) is 6.14. The van der Waals surface area contributed by atoms with Crippen LogP contribution in [0, 0.1) is 5.82 Å². The van der Waals surface area contributed by atoms with Crippen molar-refractivity contribution in [2.45, 2.75) is 12.7 Å². The fourth-order valence-electron chi connectivity index (χ4n) is 1.72. The first-order valence-corrected chi connectivity index (χ1v) is 6.89. The van der Waals surface area contributed by atoms with E-state index in [4.69, 9.17) is 23.2 Å². The van der Waals surface area contributed by atoms with E-state index in [0.717, 1.165) is 6.07 Å². The first-order chi connectivity index (χ1) is 10.7. The lowest BCUT2D eigenvalue weighted by atomic mass is 10.2. The second-order valence-electron chi connectivity index (χ2n) is 4.43. The number of carbonyl (C=O) groups is 1. The van der Waals surface area contributed by atoms with Crippen LogP contribution in [-0.2, 0) is 12.7 Å². The maximum atomic E-state index is 13.6. The summed E-state index contributed by atoms with van der Waals surface area (Å²) in [6, 6.07) is 4.43. The topological polar surface area (TPSA) is 42.0 Å². The summed E-state index contributed by atoms with van der Waals surface area (Å²) < 4.78 is 51.1. The minimum Gasteiger partial charge on any atom is -0.346 e. The summed E-state index contributed by atoms with van der Waals surface area (Å²) in [5.41, 5.74) is -1.35. The largest absolute Gasteiger partial charge is 0.417 e. The highest BCUT2D eigenvalue weighted by atomic mass is 35.5. The quantitative estimate of drug-likeness (QED) is 0.814. The Hall–Kier alpha value is -1.86. The molecule has 0 saturated carbocycles. The van der Waals surface area contributed by atoms with Crippen molar-refractivity contribution >= 4 is 29.1 Å². The number of nitrogens with one attached hydrogen (secondary N) is 1. The number of nitrogens with zero attached hydrogens (tertiary/aromatic N) is 1. The van der Waals surface area contributed by atoms with Gasteiger partial charge in [-0.2, -0.15) is 13.2 Å². The minimum atomic E-state index is -4.57. The molecule has 0 aliphatic heterocycles. The Morgan fingerprint density at radius 2 is 1.91 bits per heavy atom. The van der Waals surface area contributed by atoms with Crippen molar-refractivity contribution in [3.63, 3.8) is 0 Å². The molecule has 0 spiro atoms. The van der Waals surface area contributed by atoms with Crippen LogP contribution in [0.15, 0.2) is 30.5 Å². The van der Waals surface area contributed by atoms with Crippen LogP contribution in [0.3, 0.4) is 0 Å². The summed E-state index contributed by atoms with van der Waals surface area (Å²) in [4.78, 5) is 15.5. The third-order valence-corrected chi connectivity index (χ3v) is 3.49. The van der Waals surface area contributed by atoms with Crippen molar-refractivity contribution in [2.75, 3.05) is 0 Å². The minimum absolute atomic E-state index is 0.0143. The lowest BCUT2D eigenvalue weighted by Crippen LogP contribution is -2.25. The van der Waals surface area contributed by atoms with E-state index in [1.54, 1.807) is 0 Å². The highest BCUT2D eigenvalue weighted by Crippen LogP contribution is 2.31. The van der Waals surface area contributed by atoms with Crippen LogP contribution < -0.4 is 5.32 Å². The number of hydrogen-bond donors (Lipinski definition) is 1. The zero-order valence-electron chi connectivity index (χ0n) is 11.2. The Morgan fingerprint density at radius 1 is 1.22 bits per heavy atom. The number of alkyl halides is 3. The molecule has 0 saturated heterocycles. The predicted molar refractivity (Wildman–Crippen MR) is 76.8 cm³/mol. The molecular formula is C14H8Cl2F4N2O. The van der Waals surface area contributed by atoms with Gasteiger partial charge < -0.3 is 5.32 Å². The van der Waals surface area contributed by atoms with E-state index >= 15 is 0 Å². The predicted octanol–water partition coefficient (Wildman–Crippen LogP) is 4.48. The summed E-state index contributed by atoms with van der Waals surface area (Å²) in [5.74, 6) is -1.65. The summed E-state index contributed by atoms with van der Waals surface area (Å²) in [6.07, 6.45) is -3.97. The highest BCUT2D eigenvalue weighted by Gasteiger charge is 2.31. The van der Waals surface area contributed by atoms with E-state index < -0.39 is 23.5 Å². The first kappa shape index (κ1) is 17.5. The fourth-order valence-corrected chi connectivity index (χ4v) is 2.20. The van der Waals surface area contributed by atoms with Gasteiger partial charge in [-0.15, -0.1) is 0 Å². The zero-order valence-corrected chi connectivity index (χ0v) is 12.7. The van der Waals surface area contributed by atoms with Crippen LogP contribution in [-0.4, -0.2) is 10.9 Å². The van der Waals surface area contributed by atoms with E-state index in [1.165, 1.54) is 12.1 Å². The normalized spacial score (nSPS) is 11.4. The number of rotatable bonds is 3. The van der Waals surface area contributed by atoms with E-state index in [1.807, 2.05) is 0 Å². The van der Waals surface area contributed by atoms with Crippen molar-refractivity contribution in [2.24, 2.45) is 0 Å².